The van der Waals surface area contributed by atoms with Crippen LogP contribution in [-0.2, 0) is 0 Å². The van der Waals surface area contributed by atoms with E-state index in [0.717, 1.165) is 17.2 Å². The van der Waals surface area contributed by atoms with Gasteiger partial charge in [-0.1, -0.05) is 18.5 Å². The summed E-state index contributed by atoms with van der Waals surface area (Å²) in [5, 5.41) is 1.37. The number of pyridine rings is 1. The molecular formula is C8H11ClN2S. The second kappa shape index (κ2) is 4.58. The Labute approximate surface area is 81.5 Å². The first-order chi connectivity index (χ1) is 5.72. The summed E-state index contributed by atoms with van der Waals surface area (Å²) in [6.45, 7) is 2.13. The van der Waals surface area contributed by atoms with E-state index < -0.39 is 0 Å². The van der Waals surface area contributed by atoms with Gasteiger partial charge in [-0.15, -0.1) is 11.8 Å². The first-order valence-electron chi connectivity index (χ1n) is 3.78. The molecular weight excluding hydrogens is 192 g/mol. The van der Waals surface area contributed by atoms with Crippen LogP contribution in [0.25, 0.3) is 0 Å². The van der Waals surface area contributed by atoms with Crippen molar-refractivity contribution in [1.29, 1.82) is 0 Å². The van der Waals surface area contributed by atoms with Crippen molar-refractivity contribution in [2.24, 2.45) is 0 Å². The van der Waals surface area contributed by atoms with Gasteiger partial charge in [-0.25, -0.2) is 4.98 Å². The zero-order chi connectivity index (χ0) is 8.97. The molecule has 0 fully saturated rings. The highest BCUT2D eigenvalue weighted by atomic mass is 35.5. The summed E-state index contributed by atoms with van der Waals surface area (Å²) in [6, 6.07) is 3.49. The highest BCUT2D eigenvalue weighted by molar-refractivity contribution is 7.99. The van der Waals surface area contributed by atoms with Gasteiger partial charge in [-0.05, 0) is 24.3 Å². The molecule has 0 aliphatic rings. The molecule has 0 amide bonds. The van der Waals surface area contributed by atoms with Gasteiger partial charge in [-0.2, -0.15) is 0 Å². The molecule has 0 saturated heterocycles. The van der Waals surface area contributed by atoms with Crippen molar-refractivity contribution in [3.8, 4) is 0 Å². The predicted octanol–water partition coefficient (Wildman–Crippen LogP) is 2.82. The van der Waals surface area contributed by atoms with Gasteiger partial charge in [0.1, 0.15) is 5.15 Å². The largest absolute Gasteiger partial charge is 0.399 e. The van der Waals surface area contributed by atoms with E-state index in [4.69, 9.17) is 17.3 Å². The van der Waals surface area contributed by atoms with E-state index >= 15 is 0 Å². The van der Waals surface area contributed by atoms with Crippen LogP contribution in [0.4, 0.5) is 5.69 Å². The van der Waals surface area contributed by atoms with Crippen LogP contribution in [0.1, 0.15) is 13.3 Å². The Morgan fingerprint density at radius 3 is 2.92 bits per heavy atom. The van der Waals surface area contributed by atoms with Gasteiger partial charge in [0.15, 0.2) is 0 Å². The lowest BCUT2D eigenvalue weighted by molar-refractivity contribution is 1.08. The number of nitrogen functional groups attached to an aromatic ring is 1. The minimum atomic E-state index is 0.466. The predicted molar refractivity (Wildman–Crippen MR) is 54.7 cm³/mol. The van der Waals surface area contributed by atoms with Crippen molar-refractivity contribution in [2.75, 3.05) is 11.5 Å². The molecule has 0 spiro atoms. The fourth-order valence-corrected chi connectivity index (χ4v) is 1.83. The van der Waals surface area contributed by atoms with Crippen molar-refractivity contribution in [1.82, 2.24) is 4.98 Å². The summed E-state index contributed by atoms with van der Waals surface area (Å²) in [7, 11) is 0. The molecule has 1 heterocycles. The molecule has 4 heteroatoms. The van der Waals surface area contributed by atoms with Crippen molar-refractivity contribution in [3.05, 3.63) is 17.3 Å². The molecule has 0 aromatic carbocycles. The lowest BCUT2D eigenvalue weighted by atomic mass is 10.4. The Balaban J connectivity index is 2.72. The molecule has 2 nitrogen and oxygen atoms in total. The summed E-state index contributed by atoms with van der Waals surface area (Å²) in [5.74, 6) is 1.05. The molecule has 0 bridgehead atoms. The number of nitrogens with zero attached hydrogens (tertiary/aromatic N) is 1. The summed E-state index contributed by atoms with van der Waals surface area (Å²) >= 11 is 7.40. The smallest absolute Gasteiger partial charge is 0.132 e. The zero-order valence-corrected chi connectivity index (χ0v) is 8.45. The minimum absolute atomic E-state index is 0.466. The Morgan fingerprint density at radius 1 is 1.58 bits per heavy atom. The third-order valence-corrected chi connectivity index (χ3v) is 2.56. The van der Waals surface area contributed by atoms with E-state index in [1.165, 1.54) is 0 Å². The first kappa shape index (κ1) is 9.68. The van der Waals surface area contributed by atoms with Crippen LogP contribution in [0, 0.1) is 0 Å². The molecule has 0 atom stereocenters. The molecule has 0 aliphatic heterocycles. The monoisotopic (exact) mass is 202 g/mol. The molecule has 1 aromatic rings. The third-order valence-electron chi connectivity index (χ3n) is 1.25. The van der Waals surface area contributed by atoms with Crippen LogP contribution in [-0.4, -0.2) is 10.7 Å². The SMILES string of the molecule is CCCSc1cc(N)cc(Cl)n1. The number of thioether (sulfide) groups is 1. The number of rotatable bonds is 3. The molecule has 1 aromatic heterocycles. The van der Waals surface area contributed by atoms with E-state index in [1.807, 2.05) is 6.07 Å². The van der Waals surface area contributed by atoms with E-state index in [2.05, 4.69) is 11.9 Å². The maximum atomic E-state index is 5.72. The normalized spacial score (nSPS) is 10.2. The zero-order valence-electron chi connectivity index (χ0n) is 6.88. The summed E-state index contributed by atoms with van der Waals surface area (Å²) in [5.41, 5.74) is 6.27. The topological polar surface area (TPSA) is 38.9 Å². The molecule has 0 saturated carbocycles. The van der Waals surface area contributed by atoms with Crippen LogP contribution in [0.3, 0.4) is 0 Å². The Morgan fingerprint density at radius 2 is 2.33 bits per heavy atom. The van der Waals surface area contributed by atoms with Crippen molar-refractivity contribution >= 4 is 29.1 Å². The van der Waals surface area contributed by atoms with Crippen molar-refractivity contribution in [3.63, 3.8) is 0 Å². The van der Waals surface area contributed by atoms with Gasteiger partial charge in [0, 0.05) is 5.69 Å². The van der Waals surface area contributed by atoms with Gasteiger partial charge < -0.3 is 5.73 Å². The van der Waals surface area contributed by atoms with Gasteiger partial charge in [0.05, 0.1) is 5.03 Å². The fraction of sp³-hybridized carbons (Fsp3) is 0.375. The van der Waals surface area contributed by atoms with E-state index in [1.54, 1.807) is 17.8 Å². The number of hydrogen-bond donors (Lipinski definition) is 1. The standard InChI is InChI=1S/C8H11ClN2S/c1-2-3-12-8-5-6(10)4-7(9)11-8/h4-5H,2-3H2,1H3,(H2,10,11). The maximum Gasteiger partial charge on any atom is 0.132 e. The van der Waals surface area contributed by atoms with Crippen LogP contribution in [0.15, 0.2) is 17.2 Å². The number of hydrogen-bond acceptors (Lipinski definition) is 3. The minimum Gasteiger partial charge on any atom is -0.399 e. The summed E-state index contributed by atoms with van der Waals surface area (Å²) in [6.07, 6.45) is 1.12. The van der Waals surface area contributed by atoms with Gasteiger partial charge in [-0.3, -0.25) is 0 Å². The Bertz CT molecular complexity index is 245. The van der Waals surface area contributed by atoms with E-state index in [9.17, 15) is 0 Å². The number of aromatic nitrogens is 1. The average Bonchev–Trinajstić information content (AvgIpc) is 1.99. The average molecular weight is 203 g/mol. The summed E-state index contributed by atoms with van der Waals surface area (Å²) in [4.78, 5) is 4.12. The van der Waals surface area contributed by atoms with Gasteiger partial charge >= 0.3 is 0 Å². The van der Waals surface area contributed by atoms with E-state index in [0.29, 0.717) is 10.8 Å². The van der Waals surface area contributed by atoms with Crippen molar-refractivity contribution < 1.29 is 0 Å². The third kappa shape index (κ3) is 2.91. The highest BCUT2D eigenvalue weighted by Gasteiger charge is 1.98. The highest BCUT2D eigenvalue weighted by Crippen LogP contribution is 2.21. The maximum absolute atomic E-state index is 5.72. The second-order valence-electron chi connectivity index (χ2n) is 2.41. The molecule has 2 N–H and O–H groups in total. The van der Waals surface area contributed by atoms with Crippen LogP contribution >= 0.6 is 23.4 Å². The van der Waals surface area contributed by atoms with Crippen LogP contribution in [0.5, 0.6) is 0 Å². The molecule has 66 valence electrons. The molecule has 12 heavy (non-hydrogen) atoms. The lowest BCUT2D eigenvalue weighted by Crippen LogP contribution is -1.89. The van der Waals surface area contributed by atoms with Gasteiger partial charge in [0.2, 0.25) is 0 Å². The Kier molecular flexibility index (Phi) is 3.69. The number of anilines is 1. The van der Waals surface area contributed by atoms with Crippen LogP contribution < -0.4 is 5.73 Å². The first-order valence-corrected chi connectivity index (χ1v) is 5.14. The Hall–Kier alpha value is -0.410. The summed E-state index contributed by atoms with van der Waals surface area (Å²) < 4.78 is 0. The molecule has 0 aliphatic carbocycles. The van der Waals surface area contributed by atoms with Crippen LogP contribution in [0.2, 0.25) is 5.15 Å². The van der Waals surface area contributed by atoms with Crippen molar-refractivity contribution in [2.45, 2.75) is 18.4 Å². The molecule has 0 radical (unpaired) electrons. The number of nitrogens with two attached hydrogens (primary N) is 1. The van der Waals surface area contributed by atoms with E-state index in [-0.39, 0.29) is 0 Å². The number of halogens is 1. The van der Waals surface area contributed by atoms with Gasteiger partial charge in [0.25, 0.3) is 0 Å². The molecule has 0 unspecified atom stereocenters. The lowest BCUT2D eigenvalue weighted by Gasteiger charge is -2.00. The second-order valence-corrected chi connectivity index (χ2v) is 3.91. The molecule has 1 rings (SSSR count). The quantitative estimate of drug-likeness (QED) is 0.605. The fourth-order valence-electron chi connectivity index (χ4n) is 0.772.